The van der Waals surface area contributed by atoms with Crippen LogP contribution in [0.4, 0.5) is 17.6 Å². The van der Waals surface area contributed by atoms with Crippen molar-refractivity contribution in [1.82, 2.24) is 4.90 Å². The van der Waals surface area contributed by atoms with Gasteiger partial charge in [0, 0.05) is 25.6 Å². The van der Waals surface area contributed by atoms with Gasteiger partial charge in [0.25, 0.3) is 5.91 Å². The van der Waals surface area contributed by atoms with Crippen LogP contribution in [-0.4, -0.2) is 48.0 Å². The molecule has 0 aromatic carbocycles. The predicted molar refractivity (Wildman–Crippen MR) is 42.7 cm³/mol. The fourth-order valence-electron chi connectivity index (χ4n) is 1.47. The molecule has 1 saturated heterocycles. The van der Waals surface area contributed by atoms with Crippen molar-refractivity contribution in [2.45, 2.75) is 18.8 Å². The third-order valence-corrected chi connectivity index (χ3v) is 2.39. The largest absolute Gasteiger partial charge is 0.396 e. The predicted octanol–water partition coefficient (Wildman–Crippen LogP) is 0.728. The van der Waals surface area contributed by atoms with Gasteiger partial charge < -0.3 is 10.0 Å². The Morgan fingerprint density at radius 3 is 2.53 bits per heavy atom. The van der Waals surface area contributed by atoms with Crippen LogP contribution in [-0.2, 0) is 4.79 Å². The van der Waals surface area contributed by atoms with E-state index in [4.69, 9.17) is 5.11 Å². The summed E-state index contributed by atoms with van der Waals surface area (Å²) in [4.78, 5) is 11.7. The molecule has 1 atom stereocenters. The number of carbonyl (C=O) groups is 1. The van der Waals surface area contributed by atoms with Crippen molar-refractivity contribution in [3.8, 4) is 0 Å². The average molecular weight is 229 g/mol. The van der Waals surface area contributed by atoms with Crippen LogP contribution in [0.3, 0.4) is 0 Å². The number of aliphatic hydroxyl groups excluding tert-OH is 1. The number of likely N-dealkylation sites (tertiary alicyclic amines) is 1. The molecule has 1 aliphatic rings. The van der Waals surface area contributed by atoms with E-state index in [-0.39, 0.29) is 25.6 Å². The Morgan fingerprint density at radius 2 is 2.13 bits per heavy atom. The average Bonchev–Trinajstić information content (AvgIpc) is 2.64. The number of nitrogens with zero attached hydrogens (tertiary/aromatic N) is 1. The minimum absolute atomic E-state index is 0.00757. The smallest absolute Gasteiger partial charge is 0.383 e. The molecule has 1 unspecified atom stereocenters. The summed E-state index contributed by atoms with van der Waals surface area (Å²) in [5.41, 5.74) is 0. The summed E-state index contributed by atoms with van der Waals surface area (Å²) in [6.07, 6.45) is -3.63. The minimum Gasteiger partial charge on any atom is -0.396 e. The van der Waals surface area contributed by atoms with Crippen molar-refractivity contribution in [3.63, 3.8) is 0 Å². The number of amides is 1. The van der Waals surface area contributed by atoms with E-state index >= 15 is 0 Å². The Kier molecular flexibility index (Phi) is 3.54. The van der Waals surface area contributed by atoms with E-state index in [1.54, 1.807) is 0 Å². The molecule has 88 valence electrons. The molecule has 15 heavy (non-hydrogen) atoms. The van der Waals surface area contributed by atoms with Crippen LogP contribution in [0.2, 0.25) is 0 Å². The molecule has 1 amide bonds. The standard InChI is InChI=1S/C8H11F4NO2/c9-6(10)8(11,12)7(15)13-2-1-5(3-13)4-14/h5-6,14H,1-4H2. The Morgan fingerprint density at radius 1 is 1.53 bits per heavy atom. The lowest BCUT2D eigenvalue weighted by atomic mass is 10.1. The van der Waals surface area contributed by atoms with Crippen molar-refractivity contribution in [1.29, 1.82) is 0 Å². The molecule has 0 aliphatic carbocycles. The molecular weight excluding hydrogens is 218 g/mol. The zero-order valence-electron chi connectivity index (χ0n) is 7.80. The molecule has 7 heteroatoms. The monoisotopic (exact) mass is 229 g/mol. The summed E-state index contributed by atoms with van der Waals surface area (Å²) >= 11 is 0. The molecule has 1 fully saturated rings. The molecule has 0 radical (unpaired) electrons. The Labute approximate surface area is 83.7 Å². The van der Waals surface area contributed by atoms with Gasteiger partial charge in [0.2, 0.25) is 0 Å². The Hall–Kier alpha value is -0.850. The number of carbonyl (C=O) groups excluding carboxylic acids is 1. The summed E-state index contributed by atoms with van der Waals surface area (Å²) in [6, 6.07) is 0. The molecular formula is C8H11F4NO2. The highest BCUT2D eigenvalue weighted by Gasteiger charge is 2.52. The zero-order valence-corrected chi connectivity index (χ0v) is 7.80. The quantitative estimate of drug-likeness (QED) is 0.725. The van der Waals surface area contributed by atoms with E-state index in [2.05, 4.69) is 0 Å². The molecule has 1 N–H and O–H groups in total. The first-order valence-corrected chi connectivity index (χ1v) is 4.45. The third-order valence-electron chi connectivity index (χ3n) is 2.39. The normalized spacial score (nSPS) is 22.5. The third kappa shape index (κ3) is 2.39. The first-order chi connectivity index (χ1) is 6.89. The van der Waals surface area contributed by atoms with Crippen molar-refractivity contribution < 1.29 is 27.5 Å². The van der Waals surface area contributed by atoms with E-state index in [0.29, 0.717) is 11.3 Å². The minimum atomic E-state index is -4.62. The lowest BCUT2D eigenvalue weighted by molar-refractivity contribution is -0.179. The van der Waals surface area contributed by atoms with E-state index in [1.165, 1.54) is 0 Å². The lowest BCUT2D eigenvalue weighted by Crippen LogP contribution is -2.46. The Bertz CT molecular complexity index is 247. The fourth-order valence-corrected chi connectivity index (χ4v) is 1.47. The van der Waals surface area contributed by atoms with Crippen LogP contribution < -0.4 is 0 Å². The molecule has 1 rings (SSSR count). The van der Waals surface area contributed by atoms with Gasteiger partial charge in [-0.2, -0.15) is 8.78 Å². The number of halogens is 4. The number of hydrogen-bond donors (Lipinski definition) is 1. The summed E-state index contributed by atoms with van der Waals surface area (Å²) < 4.78 is 48.9. The van der Waals surface area contributed by atoms with Crippen molar-refractivity contribution in [3.05, 3.63) is 0 Å². The highest BCUT2D eigenvalue weighted by Crippen LogP contribution is 2.28. The van der Waals surface area contributed by atoms with Gasteiger partial charge in [-0.1, -0.05) is 0 Å². The lowest BCUT2D eigenvalue weighted by Gasteiger charge is -2.22. The highest BCUT2D eigenvalue weighted by atomic mass is 19.3. The van der Waals surface area contributed by atoms with Crippen molar-refractivity contribution in [2.24, 2.45) is 5.92 Å². The second-order valence-electron chi connectivity index (χ2n) is 3.51. The van der Waals surface area contributed by atoms with E-state index < -0.39 is 18.3 Å². The maximum absolute atomic E-state index is 12.6. The van der Waals surface area contributed by atoms with Crippen molar-refractivity contribution in [2.75, 3.05) is 19.7 Å². The maximum Gasteiger partial charge on any atom is 0.383 e. The molecule has 0 aromatic heterocycles. The van der Waals surface area contributed by atoms with Crippen LogP contribution in [0.1, 0.15) is 6.42 Å². The SMILES string of the molecule is O=C(N1CCC(CO)C1)C(F)(F)C(F)F. The van der Waals surface area contributed by atoms with Crippen LogP contribution in [0.5, 0.6) is 0 Å². The summed E-state index contributed by atoms with van der Waals surface area (Å²) in [5.74, 6) is -6.76. The number of hydrogen-bond acceptors (Lipinski definition) is 2. The van der Waals surface area contributed by atoms with Gasteiger partial charge in [0.15, 0.2) is 0 Å². The number of alkyl halides is 4. The van der Waals surface area contributed by atoms with Gasteiger partial charge in [0.1, 0.15) is 0 Å². The molecule has 0 bridgehead atoms. The fraction of sp³-hybridized carbons (Fsp3) is 0.875. The van der Waals surface area contributed by atoms with Gasteiger partial charge in [-0.25, -0.2) is 8.78 Å². The van der Waals surface area contributed by atoms with Crippen molar-refractivity contribution >= 4 is 5.91 Å². The van der Waals surface area contributed by atoms with Gasteiger partial charge in [-0.3, -0.25) is 4.79 Å². The van der Waals surface area contributed by atoms with Crippen LogP contribution in [0.25, 0.3) is 0 Å². The van der Waals surface area contributed by atoms with E-state index in [1.807, 2.05) is 0 Å². The van der Waals surface area contributed by atoms with E-state index in [0.717, 1.165) is 0 Å². The topological polar surface area (TPSA) is 40.5 Å². The number of aliphatic hydroxyl groups is 1. The second-order valence-corrected chi connectivity index (χ2v) is 3.51. The van der Waals surface area contributed by atoms with Crippen LogP contribution >= 0.6 is 0 Å². The summed E-state index contributed by atoms with van der Waals surface area (Å²) in [7, 11) is 0. The second kappa shape index (κ2) is 4.34. The van der Waals surface area contributed by atoms with Gasteiger partial charge >= 0.3 is 12.3 Å². The first-order valence-electron chi connectivity index (χ1n) is 4.45. The first kappa shape index (κ1) is 12.2. The van der Waals surface area contributed by atoms with Gasteiger partial charge in [0.05, 0.1) is 0 Å². The highest BCUT2D eigenvalue weighted by molar-refractivity contribution is 5.84. The van der Waals surface area contributed by atoms with Crippen LogP contribution in [0, 0.1) is 5.92 Å². The number of rotatable bonds is 3. The van der Waals surface area contributed by atoms with Gasteiger partial charge in [-0.05, 0) is 6.42 Å². The molecule has 0 aromatic rings. The van der Waals surface area contributed by atoms with Gasteiger partial charge in [-0.15, -0.1) is 0 Å². The molecule has 1 aliphatic heterocycles. The van der Waals surface area contributed by atoms with E-state index in [9.17, 15) is 22.4 Å². The molecule has 0 spiro atoms. The molecule has 3 nitrogen and oxygen atoms in total. The Balaban J connectivity index is 2.62. The summed E-state index contributed by atoms with van der Waals surface area (Å²) in [5, 5.41) is 8.70. The van der Waals surface area contributed by atoms with Crippen LogP contribution in [0.15, 0.2) is 0 Å². The maximum atomic E-state index is 12.6. The summed E-state index contributed by atoms with van der Waals surface area (Å²) in [6.45, 7) is -0.325. The molecule has 0 saturated carbocycles. The molecule has 1 heterocycles. The zero-order chi connectivity index (χ0) is 11.6.